The van der Waals surface area contributed by atoms with E-state index < -0.39 is 11.8 Å². The minimum atomic E-state index is -0.529. The molecule has 0 radical (unpaired) electrons. The third kappa shape index (κ3) is 4.30. The summed E-state index contributed by atoms with van der Waals surface area (Å²) in [5, 5.41) is 16.3. The molecular formula is C19H18N4O4. The molecule has 3 rings (SSSR count). The minimum absolute atomic E-state index is 0.0101. The van der Waals surface area contributed by atoms with Gasteiger partial charge in [0.25, 0.3) is 0 Å². The van der Waals surface area contributed by atoms with Crippen molar-refractivity contribution in [2.45, 2.75) is 13.5 Å². The molecular weight excluding hydrogens is 348 g/mol. The summed E-state index contributed by atoms with van der Waals surface area (Å²) in [6.07, 6.45) is 3.82. The van der Waals surface area contributed by atoms with Crippen molar-refractivity contribution in [3.63, 3.8) is 0 Å². The Kier molecular flexibility index (Phi) is 5.46. The van der Waals surface area contributed by atoms with E-state index in [-0.39, 0.29) is 23.9 Å². The number of carbonyl (C=O) groups excluding carboxylic acids is 2. The second-order valence-electron chi connectivity index (χ2n) is 5.68. The topological polar surface area (TPSA) is 110 Å². The summed E-state index contributed by atoms with van der Waals surface area (Å²) in [7, 11) is 0. The fourth-order valence-electron chi connectivity index (χ4n) is 2.54. The van der Waals surface area contributed by atoms with Gasteiger partial charge in [0.05, 0.1) is 6.61 Å². The van der Waals surface area contributed by atoms with E-state index in [0.717, 1.165) is 11.6 Å². The summed E-state index contributed by atoms with van der Waals surface area (Å²) in [6.45, 7) is 2.37. The van der Waals surface area contributed by atoms with Gasteiger partial charge >= 0.3 is 5.97 Å². The molecule has 2 aromatic heterocycles. The first-order chi connectivity index (χ1) is 13.1. The van der Waals surface area contributed by atoms with Gasteiger partial charge in [0, 0.05) is 24.4 Å². The number of H-pyrrole nitrogens is 1. The van der Waals surface area contributed by atoms with Gasteiger partial charge in [-0.05, 0) is 18.6 Å². The molecule has 0 saturated carbocycles. The summed E-state index contributed by atoms with van der Waals surface area (Å²) in [5.41, 5.74) is 1.58. The molecule has 8 heteroatoms. The molecule has 0 aliphatic rings. The number of rotatable bonds is 7. The molecule has 0 unspecified atom stereocenters. The number of ether oxygens (including phenoxy) is 1. The molecule has 8 nitrogen and oxygen atoms in total. The third-order valence-electron chi connectivity index (χ3n) is 3.79. The van der Waals surface area contributed by atoms with Gasteiger partial charge in [-0.2, -0.15) is 5.10 Å². The fourth-order valence-corrected chi connectivity index (χ4v) is 2.54. The second kappa shape index (κ2) is 8.13. The van der Waals surface area contributed by atoms with Crippen LogP contribution in [0.3, 0.4) is 0 Å². The molecule has 2 heterocycles. The first-order valence-electron chi connectivity index (χ1n) is 8.30. The molecule has 0 fully saturated rings. The second-order valence-corrected chi connectivity index (χ2v) is 5.68. The Morgan fingerprint density at radius 1 is 1.30 bits per heavy atom. The van der Waals surface area contributed by atoms with Crippen LogP contribution < -0.4 is 0 Å². The largest absolute Gasteiger partial charge is 0.507 e. The molecule has 3 aromatic rings. The molecule has 1 aromatic carbocycles. The van der Waals surface area contributed by atoms with Crippen molar-refractivity contribution in [1.29, 1.82) is 0 Å². The average Bonchev–Trinajstić information content (AvgIpc) is 3.33. The van der Waals surface area contributed by atoms with Crippen LogP contribution in [0.15, 0.2) is 55.0 Å². The van der Waals surface area contributed by atoms with Gasteiger partial charge < -0.3 is 14.4 Å². The Balaban J connectivity index is 1.92. The monoisotopic (exact) mass is 366 g/mol. The first-order valence-corrected chi connectivity index (χ1v) is 8.30. The van der Waals surface area contributed by atoms with Crippen molar-refractivity contribution >= 4 is 17.5 Å². The predicted molar refractivity (Wildman–Crippen MR) is 97.3 cm³/mol. The number of hydrogen-bond donors (Lipinski definition) is 2. The Hall–Kier alpha value is -3.68. The van der Waals surface area contributed by atoms with E-state index in [1.165, 1.54) is 12.4 Å². The molecule has 0 aliphatic heterocycles. The van der Waals surface area contributed by atoms with Crippen molar-refractivity contribution in [3.05, 3.63) is 77.6 Å². The summed E-state index contributed by atoms with van der Waals surface area (Å²) in [5.74, 6) is -1.31. The summed E-state index contributed by atoms with van der Waals surface area (Å²) < 4.78 is 6.76. The Labute approximate surface area is 155 Å². The van der Waals surface area contributed by atoms with Gasteiger partial charge in [-0.15, -0.1) is 0 Å². The Morgan fingerprint density at radius 2 is 2.07 bits per heavy atom. The van der Waals surface area contributed by atoms with Gasteiger partial charge in [-0.1, -0.05) is 30.3 Å². The quantitative estimate of drug-likeness (QED) is 0.288. The highest BCUT2D eigenvalue weighted by Crippen LogP contribution is 2.19. The highest BCUT2D eigenvalue weighted by molar-refractivity contribution is 6.05. The van der Waals surface area contributed by atoms with Crippen molar-refractivity contribution < 1.29 is 19.4 Å². The van der Waals surface area contributed by atoms with E-state index >= 15 is 0 Å². The lowest BCUT2D eigenvalue weighted by molar-refractivity contribution is 0.0514. The maximum absolute atomic E-state index is 12.3. The van der Waals surface area contributed by atoms with Crippen LogP contribution in [0.1, 0.15) is 39.2 Å². The van der Waals surface area contributed by atoms with Crippen molar-refractivity contribution in [3.8, 4) is 0 Å². The maximum atomic E-state index is 12.3. The van der Waals surface area contributed by atoms with Gasteiger partial charge in [0.1, 0.15) is 17.8 Å². The molecule has 0 aliphatic carbocycles. The first kappa shape index (κ1) is 18.1. The summed E-state index contributed by atoms with van der Waals surface area (Å²) >= 11 is 0. The highest BCUT2D eigenvalue weighted by atomic mass is 16.5. The number of aromatic nitrogens is 4. The van der Waals surface area contributed by atoms with Gasteiger partial charge in [-0.3, -0.25) is 9.89 Å². The average molecular weight is 366 g/mol. The lowest BCUT2D eigenvalue weighted by Crippen LogP contribution is -2.12. The zero-order valence-electron chi connectivity index (χ0n) is 14.6. The van der Waals surface area contributed by atoms with Crippen LogP contribution in [0, 0.1) is 0 Å². The summed E-state index contributed by atoms with van der Waals surface area (Å²) in [6, 6.07) is 11.0. The van der Waals surface area contributed by atoms with Gasteiger partial charge in [0.15, 0.2) is 5.82 Å². The van der Waals surface area contributed by atoms with Crippen molar-refractivity contribution in [1.82, 2.24) is 19.7 Å². The number of nitrogens with one attached hydrogen (secondary N) is 1. The lowest BCUT2D eigenvalue weighted by atomic mass is 10.2. The standard InChI is InChI=1S/C19H18N4O4/c1-2-27-19(26)15-8-14(11-23(15)10-13-6-4-3-5-7-13)16(24)9-17(25)18-20-12-21-22-18/h3-9,11-12,24H,2,10H2,1H3,(H,20,21,22). The number of benzene rings is 1. The van der Waals surface area contributed by atoms with E-state index in [2.05, 4.69) is 15.2 Å². The van der Waals surface area contributed by atoms with E-state index in [4.69, 9.17) is 4.74 Å². The van der Waals surface area contributed by atoms with Crippen LogP contribution >= 0.6 is 0 Å². The Morgan fingerprint density at radius 3 is 2.74 bits per heavy atom. The van der Waals surface area contributed by atoms with Crippen LogP contribution in [-0.4, -0.2) is 43.2 Å². The molecule has 138 valence electrons. The molecule has 0 spiro atoms. The Bertz CT molecular complexity index is 959. The van der Waals surface area contributed by atoms with E-state index in [1.807, 2.05) is 30.3 Å². The number of allylic oxidation sites excluding steroid dienone is 1. The highest BCUT2D eigenvalue weighted by Gasteiger charge is 2.18. The van der Waals surface area contributed by atoms with Gasteiger partial charge in [0.2, 0.25) is 5.78 Å². The zero-order chi connectivity index (χ0) is 19.2. The summed E-state index contributed by atoms with van der Waals surface area (Å²) in [4.78, 5) is 28.0. The van der Waals surface area contributed by atoms with Crippen LogP contribution in [0.4, 0.5) is 0 Å². The number of hydrogen-bond acceptors (Lipinski definition) is 6. The van der Waals surface area contributed by atoms with Gasteiger partial charge in [-0.25, -0.2) is 9.78 Å². The van der Waals surface area contributed by atoms with Crippen LogP contribution in [0.2, 0.25) is 0 Å². The van der Waals surface area contributed by atoms with Crippen LogP contribution in [0.5, 0.6) is 0 Å². The maximum Gasteiger partial charge on any atom is 0.354 e. The van der Waals surface area contributed by atoms with Crippen molar-refractivity contribution in [2.24, 2.45) is 0 Å². The predicted octanol–water partition coefficient (Wildman–Crippen LogP) is 2.61. The zero-order valence-corrected chi connectivity index (χ0v) is 14.6. The number of esters is 1. The SMILES string of the molecule is CCOC(=O)c1cc(C(O)=CC(=O)c2ncn[nH]2)cn1Cc1ccccc1. The number of ketones is 1. The molecule has 27 heavy (non-hydrogen) atoms. The van der Waals surface area contributed by atoms with E-state index in [1.54, 1.807) is 17.7 Å². The van der Waals surface area contributed by atoms with Crippen LogP contribution in [-0.2, 0) is 11.3 Å². The number of aliphatic hydroxyl groups excluding tert-OH is 1. The number of nitrogens with zero attached hydrogens (tertiary/aromatic N) is 3. The molecule has 0 atom stereocenters. The van der Waals surface area contributed by atoms with Crippen LogP contribution in [0.25, 0.3) is 5.76 Å². The normalized spacial score (nSPS) is 11.4. The number of aromatic amines is 1. The van der Waals surface area contributed by atoms with E-state index in [0.29, 0.717) is 12.1 Å². The minimum Gasteiger partial charge on any atom is -0.507 e. The number of aliphatic hydroxyl groups is 1. The molecule has 2 N–H and O–H groups in total. The molecule has 0 saturated heterocycles. The smallest absolute Gasteiger partial charge is 0.354 e. The molecule has 0 bridgehead atoms. The fraction of sp³-hybridized carbons (Fsp3) is 0.158. The van der Waals surface area contributed by atoms with Crippen molar-refractivity contribution in [2.75, 3.05) is 6.61 Å². The van der Waals surface area contributed by atoms with E-state index in [9.17, 15) is 14.7 Å². The molecule has 0 amide bonds. The number of carbonyl (C=O) groups is 2. The lowest BCUT2D eigenvalue weighted by Gasteiger charge is -2.08. The third-order valence-corrected chi connectivity index (χ3v) is 3.79.